The fourth-order valence-electron chi connectivity index (χ4n) is 4.26. The van der Waals surface area contributed by atoms with Gasteiger partial charge in [0.1, 0.15) is 0 Å². The maximum absolute atomic E-state index is 12.7. The fraction of sp³-hybridized carbons (Fsp3) is 0.240. The second kappa shape index (κ2) is 8.76. The third-order valence-electron chi connectivity index (χ3n) is 5.83. The molecule has 1 aliphatic carbocycles. The van der Waals surface area contributed by atoms with Gasteiger partial charge in [-0.3, -0.25) is 19.5 Å². The van der Waals surface area contributed by atoms with E-state index in [9.17, 15) is 14.7 Å². The summed E-state index contributed by atoms with van der Waals surface area (Å²) in [6.07, 6.45) is 7.23. The average Bonchev–Trinajstić information content (AvgIpc) is 3.29. The summed E-state index contributed by atoms with van der Waals surface area (Å²) in [5.41, 5.74) is 1.99. The first-order chi connectivity index (χ1) is 15.6. The Balaban J connectivity index is 1.28. The molecule has 0 saturated heterocycles. The Bertz CT molecular complexity index is 1090. The highest BCUT2D eigenvalue weighted by Gasteiger charge is 2.39. The van der Waals surface area contributed by atoms with Crippen molar-refractivity contribution in [3.05, 3.63) is 95.6 Å². The van der Waals surface area contributed by atoms with Gasteiger partial charge in [-0.1, -0.05) is 78.5 Å². The van der Waals surface area contributed by atoms with Crippen LogP contribution in [-0.2, 0) is 5.75 Å². The van der Waals surface area contributed by atoms with Crippen LogP contribution in [0.5, 0.6) is 0 Å². The number of fused-ring (bicyclic) bond motifs is 2. The number of benzene rings is 2. The Kier molecular flexibility index (Phi) is 5.68. The number of amides is 2. The molecule has 2 aliphatic heterocycles. The van der Waals surface area contributed by atoms with E-state index >= 15 is 0 Å². The predicted octanol–water partition coefficient (Wildman–Crippen LogP) is 3.11. The molecule has 0 unspecified atom stereocenters. The van der Waals surface area contributed by atoms with E-state index in [0.29, 0.717) is 11.1 Å². The second-order valence-corrected chi connectivity index (χ2v) is 8.95. The normalized spacial score (nSPS) is 22.2. The molecule has 6 nitrogen and oxygen atoms in total. The van der Waals surface area contributed by atoms with E-state index in [2.05, 4.69) is 29.2 Å². The summed E-state index contributed by atoms with van der Waals surface area (Å²) in [5, 5.41) is 11.7. The average molecular weight is 446 g/mol. The van der Waals surface area contributed by atoms with Crippen LogP contribution in [0.4, 0.5) is 0 Å². The smallest absolute Gasteiger partial charge is 0.261 e. The molecular weight excluding hydrogens is 422 g/mol. The van der Waals surface area contributed by atoms with Gasteiger partial charge in [0.2, 0.25) is 0 Å². The zero-order valence-electron chi connectivity index (χ0n) is 17.4. The van der Waals surface area contributed by atoms with Crippen LogP contribution in [0.3, 0.4) is 0 Å². The summed E-state index contributed by atoms with van der Waals surface area (Å²) >= 11 is 1.64. The number of nitrogens with zero attached hydrogens (tertiary/aromatic N) is 3. The molecule has 3 atom stereocenters. The van der Waals surface area contributed by atoms with Gasteiger partial charge in [-0.15, -0.1) is 0 Å². The minimum atomic E-state index is -0.891. The minimum absolute atomic E-state index is 0.00442. The van der Waals surface area contributed by atoms with Crippen molar-refractivity contribution in [2.24, 2.45) is 4.99 Å². The zero-order valence-corrected chi connectivity index (χ0v) is 18.2. The Hall–Kier alpha value is -3.16. The number of hydrogen-bond acceptors (Lipinski definition) is 6. The SMILES string of the molecule is O=C1c2ccccc2C(=O)N1C[C@H](O)CN1C(SCc2ccccc2)=N[C@@H]2C=CC=C[C@H]21. The van der Waals surface area contributed by atoms with Crippen molar-refractivity contribution in [1.29, 1.82) is 0 Å². The van der Waals surface area contributed by atoms with Crippen LogP contribution < -0.4 is 0 Å². The zero-order chi connectivity index (χ0) is 22.1. The minimum Gasteiger partial charge on any atom is -0.389 e. The quantitative estimate of drug-likeness (QED) is 0.692. The number of rotatable bonds is 6. The van der Waals surface area contributed by atoms with Crippen molar-refractivity contribution in [3.63, 3.8) is 0 Å². The van der Waals surface area contributed by atoms with Gasteiger partial charge >= 0.3 is 0 Å². The van der Waals surface area contributed by atoms with Crippen LogP contribution >= 0.6 is 11.8 Å². The van der Waals surface area contributed by atoms with Crippen LogP contribution in [0.15, 0.2) is 83.9 Å². The Morgan fingerprint density at radius 3 is 2.28 bits per heavy atom. The monoisotopic (exact) mass is 445 g/mol. The van der Waals surface area contributed by atoms with Gasteiger partial charge in [-0.05, 0) is 17.7 Å². The number of aliphatic hydroxyl groups is 1. The third kappa shape index (κ3) is 3.89. The van der Waals surface area contributed by atoms with Crippen LogP contribution in [0.1, 0.15) is 26.3 Å². The molecule has 162 valence electrons. The first-order valence-corrected chi connectivity index (χ1v) is 11.6. The molecule has 0 radical (unpaired) electrons. The van der Waals surface area contributed by atoms with E-state index in [1.807, 2.05) is 30.4 Å². The number of aliphatic imine (C=N–C) groups is 1. The van der Waals surface area contributed by atoms with Gasteiger partial charge in [0.05, 0.1) is 35.9 Å². The molecule has 1 N–H and O–H groups in total. The van der Waals surface area contributed by atoms with E-state index in [1.165, 1.54) is 5.56 Å². The Morgan fingerprint density at radius 2 is 1.56 bits per heavy atom. The summed E-state index contributed by atoms with van der Waals surface area (Å²) in [6.45, 7) is 0.240. The number of aliphatic hydroxyl groups excluding tert-OH is 1. The molecule has 0 spiro atoms. The van der Waals surface area contributed by atoms with E-state index < -0.39 is 6.10 Å². The maximum Gasteiger partial charge on any atom is 0.261 e. The molecule has 0 fully saturated rings. The van der Waals surface area contributed by atoms with Gasteiger partial charge in [0, 0.05) is 12.3 Å². The molecule has 32 heavy (non-hydrogen) atoms. The summed E-state index contributed by atoms with van der Waals surface area (Å²) in [4.78, 5) is 33.4. The number of carbonyl (C=O) groups excluding carboxylic acids is 2. The number of β-amino-alcohol motifs (C(OH)–C–C–N with tert-alkyl or cyclic N) is 1. The van der Waals surface area contributed by atoms with Gasteiger partial charge in [-0.25, -0.2) is 0 Å². The lowest BCUT2D eigenvalue weighted by Crippen LogP contribution is -2.46. The van der Waals surface area contributed by atoms with Gasteiger partial charge in [0.15, 0.2) is 5.17 Å². The molecule has 2 amide bonds. The van der Waals surface area contributed by atoms with E-state index in [-0.39, 0.29) is 37.0 Å². The summed E-state index contributed by atoms with van der Waals surface area (Å²) in [5.74, 6) is 0.0749. The Morgan fingerprint density at radius 1 is 0.906 bits per heavy atom. The van der Waals surface area contributed by atoms with Crippen molar-refractivity contribution in [1.82, 2.24) is 9.80 Å². The van der Waals surface area contributed by atoms with E-state index in [4.69, 9.17) is 4.99 Å². The standard InChI is InChI=1S/C25H23N3O3S/c29-18(15-28-23(30)19-10-4-5-11-20(19)24(28)31)14-27-22-13-7-6-12-21(22)26-25(27)32-16-17-8-2-1-3-9-17/h1-13,18,21-22,29H,14-16H2/t18-,21-,22-/m1/s1. The predicted molar refractivity (Wildman–Crippen MR) is 126 cm³/mol. The van der Waals surface area contributed by atoms with Crippen molar-refractivity contribution < 1.29 is 14.7 Å². The first-order valence-electron chi connectivity index (χ1n) is 10.6. The van der Waals surface area contributed by atoms with E-state index in [1.54, 1.807) is 36.0 Å². The van der Waals surface area contributed by atoms with Crippen molar-refractivity contribution in [2.75, 3.05) is 13.1 Å². The van der Waals surface area contributed by atoms with Crippen LogP contribution in [-0.4, -0.2) is 63.2 Å². The number of allylic oxidation sites excluding steroid dienone is 2. The molecule has 2 heterocycles. The molecular formula is C25H23N3O3S. The molecule has 0 bridgehead atoms. The second-order valence-electron chi connectivity index (χ2n) is 8.01. The number of imide groups is 1. The highest BCUT2D eigenvalue weighted by Crippen LogP contribution is 2.30. The number of carbonyl (C=O) groups is 2. The van der Waals surface area contributed by atoms with Crippen LogP contribution in [0.2, 0.25) is 0 Å². The van der Waals surface area contributed by atoms with Crippen molar-refractivity contribution in [2.45, 2.75) is 23.9 Å². The van der Waals surface area contributed by atoms with E-state index in [0.717, 1.165) is 15.8 Å². The topological polar surface area (TPSA) is 73.2 Å². The lowest BCUT2D eigenvalue weighted by Gasteiger charge is -2.31. The van der Waals surface area contributed by atoms with Crippen molar-refractivity contribution >= 4 is 28.7 Å². The highest BCUT2D eigenvalue weighted by molar-refractivity contribution is 8.13. The van der Waals surface area contributed by atoms with Gasteiger partial charge in [-0.2, -0.15) is 0 Å². The fourth-order valence-corrected chi connectivity index (χ4v) is 5.31. The molecule has 7 heteroatoms. The van der Waals surface area contributed by atoms with Crippen LogP contribution in [0.25, 0.3) is 0 Å². The number of thioether (sulfide) groups is 1. The highest BCUT2D eigenvalue weighted by atomic mass is 32.2. The molecule has 2 aromatic carbocycles. The maximum atomic E-state index is 12.7. The molecule has 0 aromatic heterocycles. The summed E-state index contributed by atoms with van der Waals surface area (Å²) in [7, 11) is 0. The largest absolute Gasteiger partial charge is 0.389 e. The molecule has 3 aliphatic rings. The molecule has 2 aromatic rings. The van der Waals surface area contributed by atoms with Gasteiger partial charge in [0.25, 0.3) is 11.8 Å². The lowest BCUT2D eigenvalue weighted by atomic mass is 10.0. The van der Waals surface area contributed by atoms with Crippen molar-refractivity contribution in [3.8, 4) is 0 Å². The van der Waals surface area contributed by atoms with Gasteiger partial charge < -0.3 is 10.0 Å². The lowest BCUT2D eigenvalue weighted by molar-refractivity contribution is 0.0509. The Labute approximate surface area is 190 Å². The summed E-state index contributed by atoms with van der Waals surface area (Å²) in [6, 6.07) is 17.0. The number of amidine groups is 1. The van der Waals surface area contributed by atoms with Crippen LogP contribution in [0, 0.1) is 0 Å². The number of hydrogen-bond donors (Lipinski definition) is 1. The third-order valence-corrected chi connectivity index (χ3v) is 6.91. The summed E-state index contributed by atoms with van der Waals surface area (Å²) < 4.78 is 0. The molecule has 0 saturated carbocycles. The molecule has 5 rings (SSSR count). The first kappa shape index (κ1) is 20.7.